The molecule has 0 unspecified atom stereocenters. The van der Waals surface area contributed by atoms with Crippen molar-refractivity contribution < 1.29 is 13.2 Å². The van der Waals surface area contributed by atoms with Gasteiger partial charge in [-0.3, -0.25) is 9.52 Å². The van der Waals surface area contributed by atoms with Crippen molar-refractivity contribution in [3.63, 3.8) is 0 Å². The molecular weight excluding hydrogens is 336 g/mol. The summed E-state index contributed by atoms with van der Waals surface area (Å²) in [7, 11) is -3.83. The molecule has 1 heterocycles. The SMILES string of the molecule is Cc1ccc(NS(=O)(=O)c2nnc(NC(=O)C(C)C)s2)cc1C. The monoisotopic (exact) mass is 354 g/mol. The first kappa shape index (κ1) is 17.4. The Morgan fingerprint density at radius 3 is 2.48 bits per heavy atom. The van der Waals surface area contributed by atoms with E-state index in [1.807, 2.05) is 19.9 Å². The largest absolute Gasteiger partial charge is 0.300 e. The van der Waals surface area contributed by atoms with Crippen molar-refractivity contribution in [2.24, 2.45) is 5.92 Å². The van der Waals surface area contributed by atoms with E-state index in [4.69, 9.17) is 0 Å². The average molecular weight is 354 g/mol. The summed E-state index contributed by atoms with van der Waals surface area (Å²) in [6.45, 7) is 7.31. The summed E-state index contributed by atoms with van der Waals surface area (Å²) in [5.41, 5.74) is 2.51. The second kappa shape index (κ2) is 6.63. The smallest absolute Gasteiger partial charge is 0.291 e. The lowest BCUT2D eigenvalue weighted by molar-refractivity contribution is -0.118. The van der Waals surface area contributed by atoms with Crippen molar-refractivity contribution in [2.45, 2.75) is 32.0 Å². The van der Waals surface area contributed by atoms with Crippen molar-refractivity contribution in [1.29, 1.82) is 0 Å². The fraction of sp³-hybridized carbons (Fsp3) is 0.357. The Bertz CT molecular complexity index is 828. The van der Waals surface area contributed by atoms with E-state index >= 15 is 0 Å². The highest BCUT2D eigenvalue weighted by Gasteiger charge is 2.21. The highest BCUT2D eigenvalue weighted by atomic mass is 32.2. The number of hydrogen-bond acceptors (Lipinski definition) is 6. The molecule has 1 aromatic carbocycles. The van der Waals surface area contributed by atoms with Crippen molar-refractivity contribution in [3.05, 3.63) is 29.3 Å². The number of sulfonamides is 1. The van der Waals surface area contributed by atoms with Crippen LogP contribution in [0.25, 0.3) is 0 Å². The Balaban J connectivity index is 2.18. The summed E-state index contributed by atoms with van der Waals surface area (Å²) >= 11 is 0.808. The van der Waals surface area contributed by atoms with E-state index in [1.165, 1.54) is 0 Å². The molecule has 0 spiro atoms. The van der Waals surface area contributed by atoms with Gasteiger partial charge in [0, 0.05) is 11.6 Å². The van der Waals surface area contributed by atoms with E-state index < -0.39 is 10.0 Å². The van der Waals surface area contributed by atoms with E-state index in [9.17, 15) is 13.2 Å². The zero-order valence-electron chi connectivity index (χ0n) is 13.2. The van der Waals surface area contributed by atoms with E-state index in [2.05, 4.69) is 20.2 Å². The maximum absolute atomic E-state index is 12.3. The first-order chi connectivity index (χ1) is 10.7. The van der Waals surface area contributed by atoms with Crippen LogP contribution >= 0.6 is 11.3 Å². The number of benzene rings is 1. The van der Waals surface area contributed by atoms with Crippen LogP contribution in [-0.4, -0.2) is 24.5 Å². The first-order valence-corrected chi connectivity index (χ1v) is 9.23. The third-order valence-corrected chi connectivity index (χ3v) is 5.74. The molecule has 0 saturated heterocycles. The van der Waals surface area contributed by atoms with Crippen LogP contribution in [0, 0.1) is 19.8 Å². The van der Waals surface area contributed by atoms with Gasteiger partial charge in [-0.1, -0.05) is 31.3 Å². The van der Waals surface area contributed by atoms with Gasteiger partial charge >= 0.3 is 0 Å². The Kier molecular flexibility index (Phi) is 5.00. The number of nitrogens with one attached hydrogen (secondary N) is 2. The Morgan fingerprint density at radius 2 is 1.87 bits per heavy atom. The van der Waals surface area contributed by atoms with Gasteiger partial charge < -0.3 is 5.32 Å². The van der Waals surface area contributed by atoms with Gasteiger partial charge in [0.1, 0.15) is 0 Å². The van der Waals surface area contributed by atoms with E-state index in [0.29, 0.717) is 5.69 Å². The summed E-state index contributed by atoms with van der Waals surface area (Å²) in [6.07, 6.45) is 0. The summed E-state index contributed by atoms with van der Waals surface area (Å²) in [5, 5.41) is 10.0. The van der Waals surface area contributed by atoms with Gasteiger partial charge in [-0.05, 0) is 37.1 Å². The Labute approximate surface area is 139 Å². The summed E-state index contributed by atoms with van der Waals surface area (Å²) in [6, 6.07) is 5.26. The molecule has 23 heavy (non-hydrogen) atoms. The van der Waals surface area contributed by atoms with Crippen LogP contribution in [0.4, 0.5) is 10.8 Å². The highest BCUT2D eigenvalue weighted by molar-refractivity contribution is 7.94. The fourth-order valence-electron chi connectivity index (χ4n) is 1.62. The van der Waals surface area contributed by atoms with Gasteiger partial charge in [0.2, 0.25) is 11.0 Å². The lowest BCUT2D eigenvalue weighted by Gasteiger charge is -2.07. The van der Waals surface area contributed by atoms with Crippen LogP contribution < -0.4 is 10.0 Å². The molecule has 0 saturated carbocycles. The molecule has 0 aliphatic rings. The lowest BCUT2D eigenvalue weighted by atomic mass is 10.1. The standard InChI is InChI=1S/C14H18N4O3S2/c1-8(2)12(19)15-13-16-17-14(22-13)23(20,21)18-11-6-5-9(3)10(4)7-11/h5-8,18H,1-4H3,(H,15,16,19). The summed E-state index contributed by atoms with van der Waals surface area (Å²) in [5.74, 6) is -0.472. The topological polar surface area (TPSA) is 101 Å². The number of hydrogen-bond donors (Lipinski definition) is 2. The maximum atomic E-state index is 12.3. The first-order valence-electron chi connectivity index (χ1n) is 6.93. The second-order valence-corrected chi connectivity index (χ2v) is 8.26. The quantitative estimate of drug-likeness (QED) is 0.804. The number of nitrogens with zero attached hydrogens (tertiary/aromatic N) is 2. The molecule has 1 amide bonds. The van der Waals surface area contributed by atoms with Crippen LogP contribution in [0.2, 0.25) is 0 Å². The van der Waals surface area contributed by atoms with Gasteiger partial charge in [-0.25, -0.2) is 0 Å². The van der Waals surface area contributed by atoms with Crippen LogP contribution in [-0.2, 0) is 14.8 Å². The zero-order valence-corrected chi connectivity index (χ0v) is 14.9. The molecule has 2 aromatic rings. The third kappa shape index (κ3) is 4.26. The highest BCUT2D eigenvalue weighted by Crippen LogP contribution is 2.23. The van der Waals surface area contributed by atoms with Crippen molar-refractivity contribution in [2.75, 3.05) is 10.0 Å². The molecule has 2 N–H and O–H groups in total. The molecule has 0 aliphatic carbocycles. The lowest BCUT2D eigenvalue weighted by Crippen LogP contribution is -2.17. The van der Waals surface area contributed by atoms with Gasteiger partial charge in [0.25, 0.3) is 14.4 Å². The Hall–Kier alpha value is -2.00. The number of aromatic nitrogens is 2. The molecule has 1 aromatic heterocycles. The van der Waals surface area contributed by atoms with Crippen molar-refractivity contribution in [1.82, 2.24) is 10.2 Å². The molecule has 9 heteroatoms. The molecular formula is C14H18N4O3S2. The molecule has 0 fully saturated rings. The van der Waals surface area contributed by atoms with Gasteiger partial charge in [-0.15, -0.1) is 10.2 Å². The molecule has 7 nitrogen and oxygen atoms in total. The van der Waals surface area contributed by atoms with Crippen LogP contribution in [0.5, 0.6) is 0 Å². The van der Waals surface area contributed by atoms with E-state index in [-0.39, 0.29) is 21.3 Å². The Morgan fingerprint density at radius 1 is 1.17 bits per heavy atom. The predicted molar refractivity (Wildman–Crippen MR) is 90.1 cm³/mol. The van der Waals surface area contributed by atoms with Crippen molar-refractivity contribution in [3.8, 4) is 0 Å². The fourth-order valence-corrected chi connectivity index (χ4v) is 3.58. The van der Waals surface area contributed by atoms with Crippen LogP contribution in [0.3, 0.4) is 0 Å². The number of carbonyl (C=O) groups is 1. The van der Waals surface area contributed by atoms with Gasteiger partial charge in [0.05, 0.1) is 0 Å². The summed E-state index contributed by atoms with van der Waals surface area (Å²) in [4.78, 5) is 11.6. The molecule has 2 rings (SSSR count). The molecule has 0 atom stereocenters. The summed E-state index contributed by atoms with van der Waals surface area (Å²) < 4.78 is 26.9. The van der Waals surface area contributed by atoms with Crippen LogP contribution in [0.1, 0.15) is 25.0 Å². The zero-order chi connectivity index (χ0) is 17.2. The minimum absolute atomic E-state index is 0.157. The average Bonchev–Trinajstić information content (AvgIpc) is 2.92. The molecule has 0 radical (unpaired) electrons. The number of aryl methyl sites for hydroxylation is 2. The number of carbonyl (C=O) groups excluding carboxylic acids is 1. The predicted octanol–water partition coefficient (Wildman–Crippen LogP) is 2.55. The van der Waals surface area contributed by atoms with Crippen molar-refractivity contribution >= 4 is 38.1 Å². The third-order valence-electron chi connectivity index (χ3n) is 3.15. The molecule has 124 valence electrons. The number of rotatable bonds is 5. The van der Waals surface area contributed by atoms with E-state index in [0.717, 1.165) is 22.5 Å². The van der Waals surface area contributed by atoms with Crippen LogP contribution in [0.15, 0.2) is 22.5 Å². The minimum atomic E-state index is -3.83. The van der Waals surface area contributed by atoms with Gasteiger partial charge in [-0.2, -0.15) is 8.42 Å². The second-order valence-electron chi connectivity index (χ2n) is 5.42. The van der Waals surface area contributed by atoms with Gasteiger partial charge in [0.15, 0.2) is 0 Å². The number of anilines is 2. The van der Waals surface area contributed by atoms with E-state index in [1.54, 1.807) is 26.0 Å². The molecule has 0 aliphatic heterocycles. The normalized spacial score (nSPS) is 11.5. The number of amides is 1. The molecule has 0 bridgehead atoms. The minimum Gasteiger partial charge on any atom is -0.300 e. The maximum Gasteiger partial charge on any atom is 0.291 e.